The number of ether oxygens (including phenoxy) is 1. The minimum Gasteiger partial charge on any atom is -0.462 e. The first-order chi connectivity index (χ1) is 22.0. The molecule has 11 heteroatoms. The number of rotatable bonds is 8. The lowest BCUT2D eigenvalue weighted by Crippen LogP contribution is -2.25. The summed E-state index contributed by atoms with van der Waals surface area (Å²) in [4.78, 5) is 35.0. The van der Waals surface area contributed by atoms with Crippen molar-refractivity contribution in [1.82, 2.24) is 15.3 Å². The first kappa shape index (κ1) is 30.6. The number of hydrogen-bond acceptors (Lipinski definition) is 7. The highest BCUT2D eigenvalue weighted by molar-refractivity contribution is 7.92. The Bertz CT molecular complexity index is 2220. The number of anilines is 1. The number of sulfonamides is 1. The Morgan fingerprint density at radius 1 is 1.02 bits per heavy atom. The van der Waals surface area contributed by atoms with Gasteiger partial charge in [-0.1, -0.05) is 48.0 Å². The molecule has 0 fully saturated rings. The van der Waals surface area contributed by atoms with Crippen LogP contribution >= 0.6 is 0 Å². The van der Waals surface area contributed by atoms with E-state index in [1.807, 2.05) is 61.5 Å². The first-order valence-corrected chi connectivity index (χ1v) is 16.4. The Kier molecular flexibility index (Phi) is 7.87. The molecule has 0 radical (unpaired) electrons. The fraction of sp³-hybridized carbons (Fsp3) is 0.171. The number of carbonyl (C=O) groups excluding carboxylic acids is 2. The zero-order chi connectivity index (χ0) is 32.7. The Balaban J connectivity index is 1.69. The van der Waals surface area contributed by atoms with Gasteiger partial charge in [-0.15, -0.1) is 0 Å². The van der Waals surface area contributed by atoms with Crippen molar-refractivity contribution in [3.8, 4) is 34.0 Å². The first-order valence-electron chi connectivity index (χ1n) is 14.6. The smallest absolute Gasteiger partial charge is 0.340 e. The van der Waals surface area contributed by atoms with Crippen molar-refractivity contribution in [2.45, 2.75) is 13.8 Å². The Labute approximate surface area is 266 Å². The summed E-state index contributed by atoms with van der Waals surface area (Å²) in [7, 11) is -0.860. The number of para-hydroxylation sites is 1. The Hall–Kier alpha value is -5.42. The van der Waals surface area contributed by atoms with E-state index in [4.69, 9.17) is 14.1 Å². The number of hydrogen-bond donors (Lipinski definition) is 2. The molecular formula is C35H32N4O6S. The van der Waals surface area contributed by atoms with Gasteiger partial charge in [-0.05, 0) is 44.2 Å². The lowest BCUT2D eigenvalue weighted by Gasteiger charge is -2.21. The van der Waals surface area contributed by atoms with Crippen LogP contribution in [0.3, 0.4) is 0 Å². The average Bonchev–Trinajstić information content (AvgIpc) is 3.65. The van der Waals surface area contributed by atoms with Gasteiger partial charge in [0.15, 0.2) is 0 Å². The maximum atomic E-state index is 13.4. The zero-order valence-electron chi connectivity index (χ0n) is 26.0. The number of furan rings is 1. The summed E-state index contributed by atoms with van der Waals surface area (Å²) >= 11 is 0. The van der Waals surface area contributed by atoms with E-state index in [-0.39, 0.29) is 34.7 Å². The number of aromatic nitrogens is 2. The van der Waals surface area contributed by atoms with E-state index in [1.54, 1.807) is 31.2 Å². The molecule has 0 bridgehead atoms. The van der Waals surface area contributed by atoms with Crippen LogP contribution in [0.4, 0.5) is 5.69 Å². The normalized spacial score (nSPS) is 11.6. The molecule has 3 aromatic heterocycles. The summed E-state index contributed by atoms with van der Waals surface area (Å²) in [5.41, 5.74) is 5.20. The molecular weight excluding hydrogens is 604 g/mol. The number of aromatic amines is 1. The molecule has 0 saturated carbocycles. The van der Waals surface area contributed by atoms with Crippen LogP contribution in [0.25, 0.3) is 55.8 Å². The van der Waals surface area contributed by atoms with Gasteiger partial charge in [0, 0.05) is 47.6 Å². The Morgan fingerprint density at radius 3 is 2.43 bits per heavy atom. The summed E-state index contributed by atoms with van der Waals surface area (Å²) in [6.45, 7) is 3.78. The van der Waals surface area contributed by atoms with Crippen LogP contribution in [-0.4, -0.2) is 57.2 Å². The molecule has 6 rings (SSSR count). The second-order valence-electron chi connectivity index (χ2n) is 10.9. The third-order valence-corrected chi connectivity index (χ3v) is 9.05. The van der Waals surface area contributed by atoms with Crippen LogP contribution in [0.15, 0.2) is 83.3 Å². The van der Waals surface area contributed by atoms with E-state index in [0.717, 1.165) is 27.0 Å². The van der Waals surface area contributed by atoms with Crippen LogP contribution in [0.1, 0.15) is 33.2 Å². The summed E-state index contributed by atoms with van der Waals surface area (Å²) in [5, 5.41) is 4.09. The van der Waals surface area contributed by atoms with Gasteiger partial charge in [-0.25, -0.2) is 18.2 Å². The number of carbonyl (C=O) groups is 2. The highest BCUT2D eigenvalue weighted by atomic mass is 32.2. The molecule has 0 spiro atoms. The number of H-pyrrole nitrogens is 1. The standard InChI is InChI=1S/C35H32N4O6S/c1-6-44-35(41)23-15-16-27(28-17-22-9-7-8-10-26(22)37-28)38-32(23)24-18-25-30(19-29(24)39(4)46(5,42)43)45-33(31(25)34(40)36-3)21-13-11-20(2)12-14-21/h7-19,37H,6H2,1-5H3,(H,36,40). The van der Waals surface area contributed by atoms with Gasteiger partial charge < -0.3 is 19.5 Å². The van der Waals surface area contributed by atoms with Gasteiger partial charge in [0.25, 0.3) is 5.91 Å². The van der Waals surface area contributed by atoms with Crippen molar-refractivity contribution in [3.63, 3.8) is 0 Å². The van der Waals surface area contributed by atoms with Gasteiger partial charge in [0.05, 0.1) is 46.8 Å². The van der Waals surface area contributed by atoms with Crippen molar-refractivity contribution in [3.05, 3.63) is 95.6 Å². The van der Waals surface area contributed by atoms with Crippen LogP contribution in [0, 0.1) is 6.92 Å². The molecule has 234 valence electrons. The number of nitrogens with zero attached hydrogens (tertiary/aromatic N) is 2. The molecule has 3 aromatic carbocycles. The van der Waals surface area contributed by atoms with Crippen LogP contribution in [0.2, 0.25) is 0 Å². The monoisotopic (exact) mass is 636 g/mol. The largest absolute Gasteiger partial charge is 0.462 e. The fourth-order valence-electron chi connectivity index (χ4n) is 5.42. The van der Waals surface area contributed by atoms with Gasteiger partial charge in [-0.3, -0.25) is 9.10 Å². The molecule has 6 aromatic rings. The second kappa shape index (κ2) is 11.8. The number of fused-ring (bicyclic) bond motifs is 2. The molecule has 0 aliphatic rings. The van der Waals surface area contributed by atoms with Crippen molar-refractivity contribution in [2.24, 2.45) is 0 Å². The molecule has 0 saturated heterocycles. The van der Waals surface area contributed by atoms with E-state index in [0.29, 0.717) is 33.7 Å². The van der Waals surface area contributed by atoms with E-state index < -0.39 is 21.9 Å². The van der Waals surface area contributed by atoms with E-state index in [1.165, 1.54) is 14.1 Å². The van der Waals surface area contributed by atoms with Gasteiger partial charge in [0.1, 0.15) is 11.3 Å². The number of amides is 1. The fourth-order valence-corrected chi connectivity index (χ4v) is 5.93. The van der Waals surface area contributed by atoms with Crippen molar-refractivity contribution in [2.75, 3.05) is 31.3 Å². The number of nitrogens with one attached hydrogen (secondary N) is 2. The third-order valence-electron chi connectivity index (χ3n) is 7.86. The van der Waals surface area contributed by atoms with E-state index in [9.17, 15) is 18.0 Å². The summed E-state index contributed by atoms with van der Waals surface area (Å²) in [5.74, 6) is -0.694. The predicted molar refractivity (Wildman–Crippen MR) is 180 cm³/mol. The van der Waals surface area contributed by atoms with Gasteiger partial charge >= 0.3 is 5.97 Å². The number of pyridine rings is 1. The van der Waals surface area contributed by atoms with E-state index >= 15 is 0 Å². The maximum absolute atomic E-state index is 13.4. The topological polar surface area (TPSA) is 135 Å². The minimum absolute atomic E-state index is 0.125. The molecule has 2 N–H and O–H groups in total. The molecule has 3 heterocycles. The third kappa shape index (κ3) is 5.49. The zero-order valence-corrected chi connectivity index (χ0v) is 26.8. The van der Waals surface area contributed by atoms with E-state index in [2.05, 4.69) is 10.3 Å². The summed E-state index contributed by atoms with van der Waals surface area (Å²) < 4.78 is 38.7. The summed E-state index contributed by atoms with van der Waals surface area (Å²) in [6, 6.07) is 23.8. The van der Waals surface area contributed by atoms with Gasteiger partial charge in [0.2, 0.25) is 10.0 Å². The van der Waals surface area contributed by atoms with Crippen LogP contribution < -0.4 is 9.62 Å². The molecule has 46 heavy (non-hydrogen) atoms. The predicted octanol–water partition coefficient (Wildman–Crippen LogP) is 6.55. The highest BCUT2D eigenvalue weighted by Gasteiger charge is 2.28. The lowest BCUT2D eigenvalue weighted by molar-refractivity contribution is 0.0526. The molecule has 10 nitrogen and oxygen atoms in total. The quantitative estimate of drug-likeness (QED) is 0.181. The van der Waals surface area contributed by atoms with Gasteiger partial charge in [-0.2, -0.15) is 0 Å². The van der Waals surface area contributed by atoms with Crippen molar-refractivity contribution >= 4 is 49.5 Å². The number of aryl methyl sites for hydroxylation is 1. The Morgan fingerprint density at radius 2 is 1.76 bits per heavy atom. The molecule has 1 amide bonds. The second-order valence-corrected chi connectivity index (χ2v) is 12.9. The lowest BCUT2D eigenvalue weighted by atomic mass is 9.98. The van der Waals surface area contributed by atoms with Crippen molar-refractivity contribution in [1.29, 1.82) is 0 Å². The average molecular weight is 637 g/mol. The highest BCUT2D eigenvalue weighted by Crippen LogP contribution is 2.42. The van der Waals surface area contributed by atoms with Crippen LogP contribution in [0.5, 0.6) is 0 Å². The molecule has 0 atom stereocenters. The number of esters is 1. The molecule has 0 aliphatic heterocycles. The van der Waals surface area contributed by atoms with Crippen LogP contribution in [-0.2, 0) is 14.8 Å². The minimum atomic E-state index is -3.80. The molecule has 0 unspecified atom stereocenters. The number of benzene rings is 3. The summed E-state index contributed by atoms with van der Waals surface area (Å²) in [6.07, 6.45) is 1.08. The maximum Gasteiger partial charge on any atom is 0.340 e. The SMILES string of the molecule is CCOC(=O)c1ccc(-c2cc3ccccc3[nH]2)nc1-c1cc2c(C(=O)NC)c(-c3ccc(C)cc3)oc2cc1N(C)S(C)(=O)=O. The molecule has 0 aliphatic carbocycles. The van der Waals surface area contributed by atoms with Crippen molar-refractivity contribution < 1.29 is 27.2 Å².